The van der Waals surface area contributed by atoms with Crippen molar-refractivity contribution in [1.82, 2.24) is 4.98 Å². The number of aliphatic carboxylic acids is 1. The highest BCUT2D eigenvalue weighted by molar-refractivity contribution is 7.99. The van der Waals surface area contributed by atoms with E-state index in [1.54, 1.807) is 17.4 Å². The van der Waals surface area contributed by atoms with Gasteiger partial charge in [0.05, 0.1) is 15.6 Å². The van der Waals surface area contributed by atoms with Crippen molar-refractivity contribution in [3.05, 3.63) is 27.5 Å². The maximum atomic E-state index is 10.4. The molecule has 0 amide bonds. The van der Waals surface area contributed by atoms with Gasteiger partial charge in [-0.05, 0) is 13.0 Å². The SMILES string of the molecule is C=C/C=c1/sc(CSCC(=O)O)n/c1=C/C. The van der Waals surface area contributed by atoms with Crippen LogP contribution in [0.5, 0.6) is 0 Å². The van der Waals surface area contributed by atoms with E-state index in [0.717, 1.165) is 14.9 Å². The summed E-state index contributed by atoms with van der Waals surface area (Å²) < 4.78 is 1.07. The van der Waals surface area contributed by atoms with E-state index in [4.69, 9.17) is 5.11 Å². The zero-order valence-electron chi connectivity index (χ0n) is 8.97. The van der Waals surface area contributed by atoms with E-state index in [1.807, 2.05) is 19.1 Å². The van der Waals surface area contributed by atoms with Gasteiger partial charge in [-0.2, -0.15) is 0 Å². The molecule has 5 heteroatoms. The van der Waals surface area contributed by atoms with E-state index in [1.165, 1.54) is 11.8 Å². The van der Waals surface area contributed by atoms with Gasteiger partial charge in [-0.25, -0.2) is 4.98 Å². The van der Waals surface area contributed by atoms with Gasteiger partial charge in [-0.3, -0.25) is 4.79 Å². The van der Waals surface area contributed by atoms with Crippen LogP contribution in [0.1, 0.15) is 11.9 Å². The van der Waals surface area contributed by atoms with E-state index in [0.29, 0.717) is 5.75 Å². The van der Waals surface area contributed by atoms with Crippen molar-refractivity contribution in [3.63, 3.8) is 0 Å². The highest BCUT2D eigenvalue weighted by atomic mass is 32.2. The van der Waals surface area contributed by atoms with E-state index < -0.39 is 5.97 Å². The number of rotatable bonds is 5. The van der Waals surface area contributed by atoms with E-state index in [9.17, 15) is 4.79 Å². The van der Waals surface area contributed by atoms with Crippen LogP contribution in [0, 0.1) is 0 Å². The molecule has 0 radical (unpaired) electrons. The Morgan fingerprint density at radius 3 is 3.00 bits per heavy atom. The lowest BCUT2D eigenvalue weighted by atomic mass is 10.5. The fraction of sp³-hybridized carbons (Fsp3) is 0.273. The Morgan fingerprint density at radius 2 is 2.44 bits per heavy atom. The molecule has 0 saturated heterocycles. The second-order valence-electron chi connectivity index (χ2n) is 2.93. The van der Waals surface area contributed by atoms with Gasteiger partial charge in [0.2, 0.25) is 0 Å². The van der Waals surface area contributed by atoms with Crippen LogP contribution in [0.4, 0.5) is 0 Å². The molecule has 0 aliphatic heterocycles. The highest BCUT2D eigenvalue weighted by Gasteiger charge is 2.02. The van der Waals surface area contributed by atoms with Gasteiger partial charge in [0.1, 0.15) is 5.01 Å². The Bertz CT molecular complexity index is 491. The maximum Gasteiger partial charge on any atom is 0.313 e. The fourth-order valence-electron chi connectivity index (χ4n) is 1.11. The smallest absolute Gasteiger partial charge is 0.313 e. The molecule has 3 nitrogen and oxygen atoms in total. The Kier molecular flexibility index (Phi) is 5.28. The third-order valence-electron chi connectivity index (χ3n) is 1.72. The normalized spacial score (nSPS) is 13.1. The second kappa shape index (κ2) is 6.50. The largest absolute Gasteiger partial charge is 0.481 e. The molecule has 0 aliphatic rings. The minimum atomic E-state index is -0.790. The number of hydrogen-bond donors (Lipinski definition) is 1. The molecule has 0 saturated carbocycles. The van der Waals surface area contributed by atoms with Gasteiger partial charge >= 0.3 is 5.97 Å². The molecule has 0 atom stereocenters. The predicted molar refractivity (Wildman–Crippen MR) is 70.0 cm³/mol. The molecule has 1 N–H and O–H groups in total. The first-order valence-electron chi connectivity index (χ1n) is 4.71. The first-order chi connectivity index (χ1) is 7.67. The van der Waals surface area contributed by atoms with Crippen molar-refractivity contribution in [1.29, 1.82) is 0 Å². The number of carbonyl (C=O) groups is 1. The standard InChI is InChI=1S/C11H13NO2S2/c1-3-5-9-8(4-2)12-10(16-9)6-15-7-11(13)14/h3-5H,1,6-7H2,2H3,(H,13,14)/b8-4+,9-5+. The van der Waals surface area contributed by atoms with Crippen LogP contribution in [0.25, 0.3) is 12.2 Å². The quantitative estimate of drug-likeness (QED) is 0.859. The van der Waals surface area contributed by atoms with Crippen LogP contribution >= 0.6 is 23.1 Å². The van der Waals surface area contributed by atoms with Crippen LogP contribution in [-0.2, 0) is 10.5 Å². The molecule has 0 unspecified atom stereocenters. The predicted octanol–water partition coefficient (Wildman–Crippen LogP) is 1.23. The molecule has 1 aromatic heterocycles. The van der Waals surface area contributed by atoms with Crippen LogP contribution in [-0.4, -0.2) is 21.8 Å². The minimum absolute atomic E-state index is 0.116. The van der Waals surface area contributed by atoms with E-state index >= 15 is 0 Å². The van der Waals surface area contributed by atoms with Gasteiger partial charge in [0.15, 0.2) is 0 Å². The summed E-state index contributed by atoms with van der Waals surface area (Å²) in [7, 11) is 0. The minimum Gasteiger partial charge on any atom is -0.481 e. The molecule has 0 bridgehead atoms. The van der Waals surface area contributed by atoms with Crippen LogP contribution in [0.15, 0.2) is 12.7 Å². The topological polar surface area (TPSA) is 50.2 Å². The summed E-state index contributed by atoms with van der Waals surface area (Å²) in [6.07, 6.45) is 5.59. The van der Waals surface area contributed by atoms with Crippen LogP contribution < -0.4 is 9.88 Å². The van der Waals surface area contributed by atoms with Gasteiger partial charge in [-0.1, -0.05) is 18.7 Å². The Morgan fingerprint density at radius 1 is 1.69 bits per heavy atom. The third kappa shape index (κ3) is 3.83. The summed E-state index contributed by atoms with van der Waals surface area (Å²) in [6.45, 7) is 5.59. The molecule has 0 spiro atoms. The zero-order valence-corrected chi connectivity index (χ0v) is 10.6. The first kappa shape index (κ1) is 13.0. The third-order valence-corrected chi connectivity index (χ3v) is 3.87. The molecule has 0 aromatic carbocycles. The molecule has 1 aromatic rings. The number of thiazole rings is 1. The number of carboxylic acids is 1. The second-order valence-corrected chi connectivity index (χ2v) is 5.04. The number of allylic oxidation sites excluding steroid dienone is 1. The summed E-state index contributed by atoms with van der Waals surface area (Å²) >= 11 is 2.94. The van der Waals surface area contributed by atoms with Gasteiger partial charge in [0, 0.05) is 5.75 Å². The molecular formula is C11H13NO2S2. The van der Waals surface area contributed by atoms with Crippen molar-refractivity contribution >= 4 is 41.2 Å². The van der Waals surface area contributed by atoms with Gasteiger partial charge in [-0.15, -0.1) is 23.1 Å². The fourth-order valence-corrected chi connectivity index (χ4v) is 2.94. The number of nitrogens with zero attached hydrogens (tertiary/aromatic N) is 1. The van der Waals surface area contributed by atoms with Crippen LogP contribution in [0.3, 0.4) is 0 Å². The first-order valence-corrected chi connectivity index (χ1v) is 6.69. The maximum absolute atomic E-state index is 10.4. The highest BCUT2D eigenvalue weighted by Crippen LogP contribution is 2.10. The van der Waals surface area contributed by atoms with E-state index in [2.05, 4.69) is 11.6 Å². The Hall–Kier alpha value is -1.07. The van der Waals surface area contributed by atoms with Crippen molar-refractivity contribution in [3.8, 4) is 0 Å². The lowest BCUT2D eigenvalue weighted by molar-refractivity contribution is -0.133. The van der Waals surface area contributed by atoms with Crippen LogP contribution in [0.2, 0.25) is 0 Å². The summed E-state index contributed by atoms with van der Waals surface area (Å²) in [6, 6.07) is 0. The number of hydrogen-bond acceptors (Lipinski definition) is 4. The summed E-state index contributed by atoms with van der Waals surface area (Å²) in [4.78, 5) is 14.8. The number of aromatic nitrogens is 1. The summed E-state index contributed by atoms with van der Waals surface area (Å²) in [5.41, 5.74) is 0. The lowest BCUT2D eigenvalue weighted by Gasteiger charge is -1.92. The van der Waals surface area contributed by atoms with Gasteiger partial charge < -0.3 is 5.11 Å². The monoisotopic (exact) mass is 255 g/mol. The molecule has 0 aliphatic carbocycles. The number of carboxylic acid groups (broad SMARTS) is 1. The molecule has 0 fully saturated rings. The van der Waals surface area contributed by atoms with Crippen molar-refractivity contribution < 1.29 is 9.90 Å². The van der Waals surface area contributed by atoms with Gasteiger partial charge in [0.25, 0.3) is 0 Å². The lowest BCUT2D eigenvalue weighted by Crippen LogP contribution is -2.19. The molecule has 1 rings (SSSR count). The molecule has 1 heterocycles. The van der Waals surface area contributed by atoms with Crippen molar-refractivity contribution in [2.45, 2.75) is 12.7 Å². The number of thioether (sulfide) groups is 1. The molecule has 86 valence electrons. The summed E-state index contributed by atoms with van der Waals surface area (Å²) in [5, 5.41) is 10.4. The Balaban J connectivity index is 2.80. The average Bonchev–Trinajstić information content (AvgIpc) is 2.61. The van der Waals surface area contributed by atoms with Crippen molar-refractivity contribution in [2.75, 3.05) is 5.75 Å². The Labute approximate surface area is 102 Å². The zero-order chi connectivity index (χ0) is 12.0. The van der Waals surface area contributed by atoms with Crippen molar-refractivity contribution in [2.24, 2.45) is 0 Å². The average molecular weight is 255 g/mol. The molecule has 16 heavy (non-hydrogen) atoms. The summed E-state index contributed by atoms with van der Waals surface area (Å²) in [5.74, 6) is -0.0321. The van der Waals surface area contributed by atoms with E-state index in [-0.39, 0.29) is 5.75 Å². The molecular weight excluding hydrogens is 242 g/mol.